The van der Waals surface area contributed by atoms with Gasteiger partial charge in [-0.3, -0.25) is 19.4 Å². The summed E-state index contributed by atoms with van der Waals surface area (Å²) in [6.45, 7) is -0.284. The number of anilines is 2. The van der Waals surface area contributed by atoms with Gasteiger partial charge < -0.3 is 10.1 Å². The number of imide groups is 1. The van der Waals surface area contributed by atoms with Crippen LogP contribution in [-0.2, 0) is 14.4 Å². The molecule has 4 rings (SSSR count). The number of hydrogen-bond acceptors (Lipinski definition) is 7. The first-order valence-corrected chi connectivity index (χ1v) is 9.59. The van der Waals surface area contributed by atoms with Gasteiger partial charge in [-0.15, -0.1) is 0 Å². The molecule has 0 spiro atoms. The van der Waals surface area contributed by atoms with Crippen LogP contribution in [0.4, 0.5) is 11.4 Å². The van der Waals surface area contributed by atoms with Crippen LogP contribution in [0.15, 0.2) is 52.8 Å². The van der Waals surface area contributed by atoms with E-state index in [0.29, 0.717) is 27.2 Å². The molecule has 2 aromatic carbocycles. The lowest BCUT2D eigenvalue weighted by atomic mass is 10.1. The van der Waals surface area contributed by atoms with Gasteiger partial charge in [-0.25, -0.2) is 4.90 Å². The van der Waals surface area contributed by atoms with Gasteiger partial charge in [0.15, 0.2) is 12.1 Å². The number of benzene rings is 2. The molecule has 1 fully saturated rings. The predicted molar refractivity (Wildman–Crippen MR) is 110 cm³/mol. The fraction of sp³-hybridized carbons (Fsp3) is 0.211. The van der Waals surface area contributed by atoms with Crippen molar-refractivity contribution in [3.05, 3.63) is 52.5 Å². The highest BCUT2D eigenvalue weighted by Crippen LogP contribution is 2.32. The Morgan fingerprint density at radius 2 is 1.80 bits per heavy atom. The van der Waals surface area contributed by atoms with Gasteiger partial charge >= 0.3 is 0 Å². The Balaban J connectivity index is 1.49. The number of hydrogen-bond donors (Lipinski definition) is 1. The predicted octanol–water partition coefficient (Wildman–Crippen LogP) is 2.93. The molecule has 2 atom stereocenters. The number of carbonyl (C=O) groups is 3. The third-order valence-corrected chi connectivity index (χ3v) is 5.17. The summed E-state index contributed by atoms with van der Waals surface area (Å²) in [5.41, 5.74) is 0.756. The van der Waals surface area contributed by atoms with Crippen molar-refractivity contribution in [1.29, 1.82) is 0 Å². The van der Waals surface area contributed by atoms with E-state index in [1.807, 2.05) is 0 Å². The van der Waals surface area contributed by atoms with Crippen molar-refractivity contribution in [3.63, 3.8) is 0 Å². The molecule has 0 unspecified atom stereocenters. The molecule has 0 saturated carbocycles. The molecule has 2 aromatic rings. The largest absolute Gasteiger partial charge is 0.495 e. The Labute approximate surface area is 181 Å². The van der Waals surface area contributed by atoms with Crippen LogP contribution in [0.25, 0.3) is 0 Å². The maximum atomic E-state index is 12.9. The summed E-state index contributed by atoms with van der Waals surface area (Å²) in [5.74, 6) is -1.06. The van der Waals surface area contributed by atoms with Gasteiger partial charge in [-0.1, -0.05) is 28.4 Å². The SMILES string of the molecule is COc1ccc(Cl)cc1NC(=O)CN1N=N[C@@H]2C(=O)N(c3ccc(Cl)cc3)C(=O)[C@@H]21. The summed E-state index contributed by atoms with van der Waals surface area (Å²) in [5, 5.41) is 12.5. The van der Waals surface area contributed by atoms with Gasteiger partial charge in [-0.2, -0.15) is 5.11 Å². The average molecular weight is 448 g/mol. The normalized spacial score (nSPS) is 20.0. The minimum Gasteiger partial charge on any atom is -0.495 e. The van der Waals surface area contributed by atoms with E-state index in [2.05, 4.69) is 15.7 Å². The number of fused-ring (bicyclic) bond motifs is 1. The molecule has 154 valence electrons. The number of nitrogens with zero attached hydrogens (tertiary/aromatic N) is 4. The second-order valence-electron chi connectivity index (χ2n) is 6.57. The van der Waals surface area contributed by atoms with Gasteiger partial charge in [0, 0.05) is 10.0 Å². The Morgan fingerprint density at radius 1 is 1.10 bits per heavy atom. The van der Waals surface area contributed by atoms with Gasteiger partial charge in [0.1, 0.15) is 12.3 Å². The van der Waals surface area contributed by atoms with Gasteiger partial charge in [0.05, 0.1) is 18.5 Å². The Bertz CT molecular complexity index is 1060. The van der Waals surface area contributed by atoms with E-state index in [4.69, 9.17) is 27.9 Å². The van der Waals surface area contributed by atoms with E-state index in [1.54, 1.807) is 42.5 Å². The quantitative estimate of drug-likeness (QED) is 0.709. The topological polar surface area (TPSA) is 104 Å². The standard InChI is InChI=1S/C19H15Cl2N5O4/c1-30-14-7-4-11(21)8-13(14)22-15(27)9-25-17-16(23-24-25)18(28)26(19(17)29)12-5-2-10(20)3-6-12/h2-8,16-17H,9H2,1H3,(H,22,27)/t16-,17+/m0/s1. The van der Waals surface area contributed by atoms with Crippen molar-refractivity contribution >= 4 is 52.3 Å². The Hall–Kier alpha value is -3.17. The van der Waals surface area contributed by atoms with Crippen molar-refractivity contribution in [3.8, 4) is 5.75 Å². The summed E-state index contributed by atoms with van der Waals surface area (Å²) in [7, 11) is 1.46. The number of rotatable bonds is 5. The summed E-state index contributed by atoms with van der Waals surface area (Å²) >= 11 is 11.8. The average Bonchev–Trinajstić information content (AvgIpc) is 3.23. The van der Waals surface area contributed by atoms with Crippen LogP contribution in [0.2, 0.25) is 10.0 Å². The molecule has 2 aliphatic heterocycles. The van der Waals surface area contributed by atoms with Crippen molar-refractivity contribution in [2.45, 2.75) is 12.1 Å². The lowest BCUT2D eigenvalue weighted by molar-refractivity contribution is -0.123. The molecule has 0 aromatic heterocycles. The Kier molecular flexibility index (Phi) is 5.31. The maximum absolute atomic E-state index is 12.9. The Morgan fingerprint density at radius 3 is 2.50 bits per heavy atom. The number of amides is 3. The number of carbonyl (C=O) groups excluding carboxylic acids is 3. The molecular weight excluding hydrogens is 433 g/mol. The molecule has 0 bridgehead atoms. The minimum atomic E-state index is -0.998. The molecule has 2 heterocycles. The number of methoxy groups -OCH3 is 1. The molecule has 9 nitrogen and oxygen atoms in total. The van der Waals surface area contributed by atoms with E-state index >= 15 is 0 Å². The van der Waals surface area contributed by atoms with E-state index in [9.17, 15) is 14.4 Å². The zero-order valence-corrected chi connectivity index (χ0v) is 17.1. The molecule has 2 aliphatic rings. The van der Waals surface area contributed by atoms with E-state index in [0.717, 1.165) is 4.90 Å². The van der Waals surface area contributed by atoms with Crippen molar-refractivity contribution < 1.29 is 19.1 Å². The summed E-state index contributed by atoms with van der Waals surface area (Å²) in [4.78, 5) is 39.2. The van der Waals surface area contributed by atoms with Crippen LogP contribution >= 0.6 is 23.2 Å². The molecular formula is C19H15Cl2N5O4. The second-order valence-corrected chi connectivity index (χ2v) is 7.45. The first-order valence-electron chi connectivity index (χ1n) is 8.83. The van der Waals surface area contributed by atoms with Crippen LogP contribution in [0.5, 0.6) is 5.75 Å². The summed E-state index contributed by atoms with van der Waals surface area (Å²) in [6.07, 6.45) is 0. The third-order valence-electron chi connectivity index (χ3n) is 4.68. The highest BCUT2D eigenvalue weighted by atomic mass is 35.5. The maximum Gasteiger partial charge on any atom is 0.263 e. The smallest absolute Gasteiger partial charge is 0.263 e. The lowest BCUT2D eigenvalue weighted by Gasteiger charge is -2.20. The number of nitrogens with one attached hydrogen (secondary N) is 1. The van der Waals surface area contributed by atoms with Gasteiger partial charge in [-0.05, 0) is 42.5 Å². The summed E-state index contributed by atoms with van der Waals surface area (Å²) < 4.78 is 5.20. The van der Waals surface area contributed by atoms with Gasteiger partial charge in [0.25, 0.3) is 11.8 Å². The molecule has 1 saturated heterocycles. The third kappa shape index (κ3) is 3.57. The van der Waals surface area contributed by atoms with E-state index in [-0.39, 0.29) is 6.54 Å². The zero-order valence-electron chi connectivity index (χ0n) is 15.6. The van der Waals surface area contributed by atoms with E-state index < -0.39 is 29.8 Å². The van der Waals surface area contributed by atoms with Crippen molar-refractivity contribution in [1.82, 2.24) is 5.01 Å². The summed E-state index contributed by atoms with van der Waals surface area (Å²) in [6, 6.07) is 9.10. The highest BCUT2D eigenvalue weighted by Gasteiger charge is 2.55. The monoisotopic (exact) mass is 447 g/mol. The molecule has 0 aliphatic carbocycles. The highest BCUT2D eigenvalue weighted by molar-refractivity contribution is 6.31. The second kappa shape index (κ2) is 7.92. The van der Waals surface area contributed by atoms with Crippen LogP contribution in [-0.4, -0.2) is 48.5 Å². The molecule has 1 N–H and O–H groups in total. The first kappa shape index (κ1) is 20.1. The zero-order chi connectivity index (χ0) is 21.4. The lowest BCUT2D eigenvalue weighted by Crippen LogP contribution is -2.43. The first-order chi connectivity index (χ1) is 14.4. The fourth-order valence-corrected chi connectivity index (χ4v) is 3.61. The van der Waals surface area contributed by atoms with Crippen LogP contribution in [0.1, 0.15) is 0 Å². The molecule has 11 heteroatoms. The minimum absolute atomic E-state index is 0.284. The molecule has 30 heavy (non-hydrogen) atoms. The van der Waals surface area contributed by atoms with Crippen LogP contribution in [0.3, 0.4) is 0 Å². The van der Waals surface area contributed by atoms with E-state index in [1.165, 1.54) is 12.1 Å². The van der Waals surface area contributed by atoms with Crippen molar-refractivity contribution in [2.75, 3.05) is 23.9 Å². The fourth-order valence-electron chi connectivity index (χ4n) is 3.31. The molecule has 3 amide bonds. The number of halogens is 2. The van der Waals surface area contributed by atoms with Crippen LogP contribution in [0, 0.1) is 0 Å². The number of ether oxygens (including phenoxy) is 1. The van der Waals surface area contributed by atoms with Crippen LogP contribution < -0.4 is 15.0 Å². The van der Waals surface area contributed by atoms with Gasteiger partial charge in [0.2, 0.25) is 5.91 Å². The van der Waals surface area contributed by atoms with Crippen molar-refractivity contribution in [2.24, 2.45) is 10.3 Å². The molecule has 0 radical (unpaired) electrons.